The number of aromatic nitrogens is 1. The molecule has 1 amide bonds. The summed E-state index contributed by atoms with van der Waals surface area (Å²) in [7, 11) is 0. The Kier molecular flexibility index (Phi) is 3.66. The first kappa shape index (κ1) is 13.7. The van der Waals surface area contributed by atoms with E-state index in [4.69, 9.17) is 0 Å². The fraction of sp³-hybridized carbons (Fsp3) is 0. The van der Waals surface area contributed by atoms with Gasteiger partial charge in [-0.05, 0) is 46.3 Å². The summed E-state index contributed by atoms with van der Waals surface area (Å²) in [6.45, 7) is 0. The van der Waals surface area contributed by atoms with Crippen LogP contribution in [0.3, 0.4) is 0 Å². The second-order valence-electron chi connectivity index (χ2n) is 4.49. The molecule has 21 heavy (non-hydrogen) atoms. The number of carbonyl (C=O) groups is 1. The Morgan fingerprint density at radius 3 is 2.86 bits per heavy atom. The van der Waals surface area contributed by atoms with Crippen LogP contribution in [0.15, 0.2) is 59.3 Å². The summed E-state index contributed by atoms with van der Waals surface area (Å²) in [6.07, 6.45) is 3.39. The SMILES string of the molecule is O=C(Nc1cccc2cnccc12)c1ccc(Br)c(F)c1. The fourth-order valence-corrected chi connectivity index (χ4v) is 2.31. The summed E-state index contributed by atoms with van der Waals surface area (Å²) >= 11 is 3.06. The van der Waals surface area contributed by atoms with Crippen LogP contribution in [0.5, 0.6) is 0 Å². The maximum Gasteiger partial charge on any atom is 0.255 e. The Hall–Kier alpha value is -2.27. The number of fused-ring (bicyclic) bond motifs is 1. The molecule has 0 aliphatic carbocycles. The maximum absolute atomic E-state index is 13.5. The van der Waals surface area contributed by atoms with Crippen LogP contribution < -0.4 is 5.32 Å². The standard InChI is InChI=1S/C16H10BrFN2O/c17-13-5-4-10(8-14(13)18)16(21)20-15-3-1-2-11-9-19-7-6-12(11)15/h1-9H,(H,20,21). The molecule has 0 spiro atoms. The molecule has 0 saturated carbocycles. The average Bonchev–Trinajstić information content (AvgIpc) is 2.50. The molecule has 1 heterocycles. The summed E-state index contributed by atoms with van der Waals surface area (Å²) in [4.78, 5) is 16.3. The third-order valence-electron chi connectivity index (χ3n) is 3.11. The number of benzene rings is 2. The molecule has 1 N–H and O–H groups in total. The highest BCUT2D eigenvalue weighted by Crippen LogP contribution is 2.23. The quantitative estimate of drug-likeness (QED) is 0.749. The molecule has 0 fully saturated rings. The smallest absolute Gasteiger partial charge is 0.255 e. The van der Waals surface area contributed by atoms with E-state index in [1.54, 1.807) is 24.5 Å². The van der Waals surface area contributed by atoms with Crippen molar-refractivity contribution in [3.05, 3.63) is 70.7 Å². The number of anilines is 1. The van der Waals surface area contributed by atoms with Gasteiger partial charge < -0.3 is 5.32 Å². The minimum absolute atomic E-state index is 0.266. The number of rotatable bonds is 2. The van der Waals surface area contributed by atoms with Gasteiger partial charge in [0, 0.05) is 34.4 Å². The molecule has 3 rings (SSSR count). The molecule has 0 saturated heterocycles. The Balaban J connectivity index is 1.94. The molecule has 0 unspecified atom stereocenters. The number of nitrogens with zero attached hydrogens (tertiary/aromatic N) is 1. The van der Waals surface area contributed by atoms with Crippen molar-refractivity contribution < 1.29 is 9.18 Å². The average molecular weight is 345 g/mol. The van der Waals surface area contributed by atoms with Gasteiger partial charge in [-0.3, -0.25) is 9.78 Å². The van der Waals surface area contributed by atoms with Gasteiger partial charge in [-0.25, -0.2) is 4.39 Å². The highest BCUT2D eigenvalue weighted by atomic mass is 79.9. The van der Waals surface area contributed by atoms with E-state index in [0.717, 1.165) is 10.8 Å². The van der Waals surface area contributed by atoms with Crippen LogP contribution in [0.25, 0.3) is 10.8 Å². The van der Waals surface area contributed by atoms with Gasteiger partial charge in [0.1, 0.15) is 5.82 Å². The summed E-state index contributed by atoms with van der Waals surface area (Å²) in [5.41, 5.74) is 0.935. The summed E-state index contributed by atoms with van der Waals surface area (Å²) in [5.74, 6) is -0.824. The maximum atomic E-state index is 13.5. The van der Waals surface area contributed by atoms with Crippen molar-refractivity contribution >= 4 is 38.3 Å². The van der Waals surface area contributed by atoms with Crippen LogP contribution in [0.2, 0.25) is 0 Å². The second-order valence-corrected chi connectivity index (χ2v) is 5.34. The largest absolute Gasteiger partial charge is 0.321 e. The lowest BCUT2D eigenvalue weighted by atomic mass is 10.1. The molecule has 0 aliphatic rings. The third-order valence-corrected chi connectivity index (χ3v) is 3.75. The van der Waals surface area contributed by atoms with Crippen molar-refractivity contribution in [3.63, 3.8) is 0 Å². The predicted molar refractivity (Wildman–Crippen MR) is 83.8 cm³/mol. The van der Waals surface area contributed by atoms with Gasteiger partial charge in [0.05, 0.1) is 4.47 Å². The molecule has 5 heteroatoms. The van der Waals surface area contributed by atoms with Gasteiger partial charge in [-0.1, -0.05) is 12.1 Å². The first-order valence-corrected chi connectivity index (χ1v) is 7.03. The molecule has 0 atom stereocenters. The van der Waals surface area contributed by atoms with Crippen LogP contribution in [0.1, 0.15) is 10.4 Å². The molecule has 104 valence electrons. The van der Waals surface area contributed by atoms with Crippen LogP contribution in [-0.4, -0.2) is 10.9 Å². The highest BCUT2D eigenvalue weighted by molar-refractivity contribution is 9.10. The van der Waals surface area contributed by atoms with Crippen molar-refractivity contribution in [2.45, 2.75) is 0 Å². The van der Waals surface area contributed by atoms with Crippen LogP contribution >= 0.6 is 15.9 Å². The number of halogens is 2. The topological polar surface area (TPSA) is 42.0 Å². The lowest BCUT2D eigenvalue weighted by Gasteiger charge is -2.09. The van der Waals surface area contributed by atoms with Crippen LogP contribution in [0.4, 0.5) is 10.1 Å². The number of amides is 1. The number of nitrogens with one attached hydrogen (secondary N) is 1. The van der Waals surface area contributed by atoms with Crippen molar-refractivity contribution in [2.24, 2.45) is 0 Å². The van der Waals surface area contributed by atoms with E-state index in [1.165, 1.54) is 12.1 Å². The monoisotopic (exact) mass is 344 g/mol. The number of carbonyl (C=O) groups excluding carboxylic acids is 1. The first-order valence-electron chi connectivity index (χ1n) is 6.24. The van der Waals surface area contributed by atoms with Gasteiger partial charge in [0.25, 0.3) is 5.91 Å². The molecule has 0 aliphatic heterocycles. The van der Waals surface area contributed by atoms with Gasteiger partial charge in [0.2, 0.25) is 0 Å². The van der Waals surface area contributed by atoms with E-state index in [-0.39, 0.29) is 11.5 Å². The van der Waals surface area contributed by atoms with Crippen molar-refractivity contribution in [3.8, 4) is 0 Å². The van der Waals surface area contributed by atoms with Crippen molar-refractivity contribution in [1.82, 2.24) is 4.98 Å². The number of pyridine rings is 1. The van der Waals surface area contributed by atoms with Gasteiger partial charge in [0.15, 0.2) is 0 Å². The van der Waals surface area contributed by atoms with E-state index in [1.807, 2.05) is 18.2 Å². The third kappa shape index (κ3) is 2.78. The lowest BCUT2D eigenvalue weighted by Crippen LogP contribution is -2.12. The Morgan fingerprint density at radius 2 is 2.05 bits per heavy atom. The normalized spacial score (nSPS) is 10.6. The van der Waals surface area contributed by atoms with Crippen molar-refractivity contribution in [1.29, 1.82) is 0 Å². The Morgan fingerprint density at radius 1 is 1.19 bits per heavy atom. The van der Waals surface area contributed by atoms with Gasteiger partial charge in [-0.15, -0.1) is 0 Å². The molecule has 2 aromatic carbocycles. The molecule has 3 nitrogen and oxygen atoms in total. The van der Waals surface area contributed by atoms with E-state index in [9.17, 15) is 9.18 Å². The minimum atomic E-state index is -0.468. The lowest BCUT2D eigenvalue weighted by molar-refractivity contribution is 0.102. The Bertz CT molecular complexity index is 830. The molecule has 0 bridgehead atoms. The fourth-order valence-electron chi connectivity index (χ4n) is 2.06. The van der Waals surface area contributed by atoms with E-state index < -0.39 is 5.82 Å². The first-order chi connectivity index (χ1) is 10.1. The molecular formula is C16H10BrFN2O. The summed E-state index contributed by atoms with van der Waals surface area (Å²) in [5, 5.41) is 4.61. The molecular weight excluding hydrogens is 335 g/mol. The van der Waals surface area contributed by atoms with Crippen molar-refractivity contribution in [2.75, 3.05) is 5.32 Å². The zero-order chi connectivity index (χ0) is 14.8. The number of hydrogen-bond donors (Lipinski definition) is 1. The van der Waals surface area contributed by atoms with Gasteiger partial charge in [-0.2, -0.15) is 0 Å². The van der Waals surface area contributed by atoms with Gasteiger partial charge >= 0.3 is 0 Å². The molecule has 0 radical (unpaired) electrons. The predicted octanol–water partition coefficient (Wildman–Crippen LogP) is 4.39. The summed E-state index contributed by atoms with van der Waals surface area (Å²) < 4.78 is 13.8. The molecule has 3 aromatic rings. The second kappa shape index (κ2) is 5.61. The minimum Gasteiger partial charge on any atom is -0.321 e. The zero-order valence-electron chi connectivity index (χ0n) is 10.8. The van der Waals surface area contributed by atoms with Crippen LogP contribution in [-0.2, 0) is 0 Å². The van der Waals surface area contributed by atoms with E-state index in [0.29, 0.717) is 10.2 Å². The highest BCUT2D eigenvalue weighted by Gasteiger charge is 2.10. The molecule has 1 aromatic heterocycles. The van der Waals surface area contributed by atoms with Crippen LogP contribution in [0, 0.1) is 5.82 Å². The zero-order valence-corrected chi connectivity index (χ0v) is 12.4. The van der Waals surface area contributed by atoms with E-state index >= 15 is 0 Å². The number of hydrogen-bond acceptors (Lipinski definition) is 2. The van der Waals surface area contributed by atoms with E-state index in [2.05, 4.69) is 26.2 Å². The summed E-state index contributed by atoms with van der Waals surface area (Å²) in [6, 6.07) is 11.7. The Labute approximate surface area is 128 Å².